The molecule has 2 N–H and O–H groups in total. The fourth-order valence-electron chi connectivity index (χ4n) is 0.462. The van der Waals surface area contributed by atoms with E-state index in [9.17, 15) is 9.59 Å². The van der Waals surface area contributed by atoms with E-state index in [4.69, 9.17) is 9.84 Å². The van der Waals surface area contributed by atoms with E-state index < -0.39 is 24.2 Å². The molecule has 0 aliphatic heterocycles. The number of hydrogen-bond acceptors (Lipinski definition) is 3. The van der Waals surface area contributed by atoms with Crippen LogP contribution in [0.25, 0.3) is 0 Å². The predicted molar refractivity (Wildman–Crippen MR) is 41.9 cm³/mol. The largest absolute Gasteiger partial charge is 0.480 e. The minimum atomic E-state index is -1.10. The first kappa shape index (κ1) is 10.7. The monoisotopic (exact) mass is 177 g/mol. The molecule has 70 valence electrons. The standard InChI is InChI=1S/C7H13NO4/c1-7(2,3)12-6(11)8-4-5(9)10/h4H2,1-3H3,(H,8,11)(H,9,10)/i4+1,5+1. The van der Waals surface area contributed by atoms with E-state index in [2.05, 4.69) is 5.32 Å². The third-order valence-corrected chi connectivity index (χ3v) is 0.783. The molecule has 1 amide bonds. The predicted octanol–water partition coefficient (Wildman–Crippen LogP) is 0.596. The normalized spacial score (nSPS) is 10.6. The van der Waals surface area contributed by atoms with Crippen LogP contribution in [0.15, 0.2) is 0 Å². The van der Waals surface area contributed by atoms with Crippen molar-refractivity contribution in [3.8, 4) is 0 Å². The third-order valence-electron chi connectivity index (χ3n) is 0.783. The molecular weight excluding hydrogens is 164 g/mol. The van der Waals surface area contributed by atoms with Crippen LogP contribution in [0.4, 0.5) is 4.79 Å². The Morgan fingerprint density at radius 1 is 1.42 bits per heavy atom. The topological polar surface area (TPSA) is 75.6 Å². The van der Waals surface area contributed by atoms with Gasteiger partial charge in [0.25, 0.3) is 0 Å². The average molecular weight is 177 g/mol. The van der Waals surface area contributed by atoms with Gasteiger partial charge < -0.3 is 15.2 Å². The molecule has 0 spiro atoms. The lowest BCUT2D eigenvalue weighted by Crippen LogP contribution is -2.35. The van der Waals surface area contributed by atoms with Crippen LogP contribution in [-0.2, 0) is 9.53 Å². The Kier molecular flexibility index (Phi) is 3.53. The molecule has 5 nitrogen and oxygen atoms in total. The summed E-state index contributed by atoms with van der Waals surface area (Å²) in [4.78, 5) is 20.8. The summed E-state index contributed by atoms with van der Waals surface area (Å²) in [5.41, 5.74) is -0.595. The molecule has 0 aromatic heterocycles. The first-order chi connectivity index (χ1) is 5.31. The quantitative estimate of drug-likeness (QED) is 0.605. The zero-order chi connectivity index (χ0) is 9.78. The lowest BCUT2D eigenvalue weighted by atomic mass is 10.2. The first-order valence-corrected chi connectivity index (χ1v) is 3.50. The Bertz CT molecular complexity index is 182. The van der Waals surface area contributed by atoms with Crippen LogP contribution in [0, 0.1) is 0 Å². The highest BCUT2D eigenvalue weighted by Gasteiger charge is 2.15. The summed E-state index contributed by atoms with van der Waals surface area (Å²) < 4.78 is 4.77. The fraction of sp³-hybridized carbons (Fsp3) is 0.714. The molecule has 0 aromatic carbocycles. The molecule has 0 aliphatic carbocycles. The Labute approximate surface area is 70.7 Å². The lowest BCUT2D eigenvalue weighted by molar-refractivity contribution is -0.136. The van der Waals surface area contributed by atoms with E-state index in [0.29, 0.717) is 0 Å². The van der Waals surface area contributed by atoms with E-state index in [1.165, 1.54) is 0 Å². The first-order valence-electron chi connectivity index (χ1n) is 3.50. The molecule has 0 aromatic rings. The second-order valence-corrected chi connectivity index (χ2v) is 3.25. The van der Waals surface area contributed by atoms with Crippen molar-refractivity contribution in [2.75, 3.05) is 6.54 Å². The zero-order valence-corrected chi connectivity index (χ0v) is 7.38. The maximum atomic E-state index is 10.8. The van der Waals surface area contributed by atoms with E-state index in [1.807, 2.05) is 0 Å². The lowest BCUT2D eigenvalue weighted by Gasteiger charge is -2.19. The van der Waals surface area contributed by atoms with Crippen LogP contribution in [0.5, 0.6) is 0 Å². The van der Waals surface area contributed by atoms with E-state index in [-0.39, 0.29) is 0 Å². The second-order valence-electron chi connectivity index (χ2n) is 3.25. The highest BCUT2D eigenvalue weighted by Crippen LogP contribution is 2.05. The van der Waals surface area contributed by atoms with Crippen LogP contribution in [0.2, 0.25) is 0 Å². The van der Waals surface area contributed by atoms with E-state index >= 15 is 0 Å². The summed E-state index contributed by atoms with van der Waals surface area (Å²) in [6.45, 7) is 4.68. The third kappa shape index (κ3) is 6.85. The van der Waals surface area contributed by atoms with Gasteiger partial charge >= 0.3 is 12.1 Å². The zero-order valence-electron chi connectivity index (χ0n) is 7.38. The number of aliphatic carboxylic acids is 1. The number of nitrogens with one attached hydrogen (secondary N) is 1. The van der Waals surface area contributed by atoms with Gasteiger partial charge in [0.15, 0.2) is 0 Å². The molecule has 0 radical (unpaired) electrons. The molecule has 0 atom stereocenters. The van der Waals surface area contributed by atoms with Crippen molar-refractivity contribution < 1.29 is 19.4 Å². The number of hydrogen-bond donors (Lipinski definition) is 2. The van der Waals surface area contributed by atoms with Crippen molar-refractivity contribution in [2.45, 2.75) is 26.4 Å². The number of amides is 1. The van der Waals surface area contributed by atoms with Crippen molar-refractivity contribution in [1.82, 2.24) is 5.32 Å². The highest BCUT2D eigenvalue weighted by atomic mass is 16.6. The van der Waals surface area contributed by atoms with E-state index in [1.54, 1.807) is 20.8 Å². The molecular formula is C7H13NO4. The van der Waals surface area contributed by atoms with Gasteiger partial charge in [-0.15, -0.1) is 0 Å². The maximum absolute atomic E-state index is 10.8. The van der Waals surface area contributed by atoms with Crippen molar-refractivity contribution in [2.24, 2.45) is 0 Å². The van der Waals surface area contributed by atoms with Crippen molar-refractivity contribution in [1.29, 1.82) is 0 Å². The maximum Gasteiger partial charge on any atom is 0.408 e. The molecule has 0 heterocycles. The Morgan fingerprint density at radius 2 is 1.92 bits per heavy atom. The van der Waals surface area contributed by atoms with Crippen LogP contribution in [-0.4, -0.2) is 29.3 Å². The van der Waals surface area contributed by atoms with Crippen molar-refractivity contribution >= 4 is 12.1 Å². The van der Waals surface area contributed by atoms with Gasteiger partial charge in [0.2, 0.25) is 0 Å². The number of alkyl carbamates (subject to hydrolysis) is 1. The molecule has 0 aliphatic rings. The number of ether oxygens (including phenoxy) is 1. The summed E-state index contributed by atoms with van der Waals surface area (Å²) >= 11 is 0. The molecule has 5 heteroatoms. The Balaban J connectivity index is 3.68. The summed E-state index contributed by atoms with van der Waals surface area (Å²) in [6, 6.07) is 0. The van der Waals surface area contributed by atoms with Gasteiger partial charge in [0, 0.05) is 0 Å². The molecule has 0 saturated heterocycles. The fourth-order valence-corrected chi connectivity index (χ4v) is 0.462. The van der Waals surface area contributed by atoms with Gasteiger partial charge in [0.1, 0.15) is 12.1 Å². The Hall–Kier alpha value is -1.26. The van der Waals surface area contributed by atoms with Crippen molar-refractivity contribution in [3.05, 3.63) is 0 Å². The molecule has 0 rings (SSSR count). The van der Waals surface area contributed by atoms with Crippen LogP contribution in [0.3, 0.4) is 0 Å². The number of rotatable bonds is 2. The van der Waals surface area contributed by atoms with E-state index in [0.717, 1.165) is 0 Å². The number of carbonyl (C=O) groups is 2. The number of carbonyl (C=O) groups excluding carboxylic acids is 1. The number of carboxylic acids is 1. The Morgan fingerprint density at radius 3 is 2.25 bits per heavy atom. The summed E-state index contributed by atoms with van der Waals surface area (Å²) in [7, 11) is 0. The summed E-state index contributed by atoms with van der Waals surface area (Å²) in [6.07, 6.45) is -0.718. The van der Waals surface area contributed by atoms with Gasteiger partial charge in [-0.25, -0.2) is 4.79 Å². The average Bonchev–Trinajstić information content (AvgIpc) is 1.79. The molecule has 0 unspecified atom stereocenters. The summed E-state index contributed by atoms with van der Waals surface area (Å²) in [5, 5.41) is 10.3. The molecule has 12 heavy (non-hydrogen) atoms. The van der Waals surface area contributed by atoms with Gasteiger partial charge in [-0.3, -0.25) is 4.79 Å². The van der Waals surface area contributed by atoms with Gasteiger partial charge in [-0.1, -0.05) is 0 Å². The smallest absolute Gasteiger partial charge is 0.408 e. The molecule has 0 saturated carbocycles. The van der Waals surface area contributed by atoms with Crippen LogP contribution >= 0.6 is 0 Å². The van der Waals surface area contributed by atoms with Crippen molar-refractivity contribution in [3.63, 3.8) is 0 Å². The summed E-state index contributed by atoms with van der Waals surface area (Å²) in [5.74, 6) is -1.10. The second kappa shape index (κ2) is 3.94. The van der Waals surface area contributed by atoms with Gasteiger partial charge in [-0.05, 0) is 20.8 Å². The highest BCUT2D eigenvalue weighted by molar-refractivity contribution is 5.76. The molecule has 0 bridgehead atoms. The molecule has 0 fully saturated rings. The van der Waals surface area contributed by atoms with Crippen LogP contribution < -0.4 is 5.32 Å². The SMILES string of the molecule is CC(C)(C)OC(=O)N[13CH2][13C](=O)O. The van der Waals surface area contributed by atoms with Gasteiger partial charge in [0.05, 0.1) is 0 Å². The van der Waals surface area contributed by atoms with Gasteiger partial charge in [-0.2, -0.15) is 0 Å². The minimum absolute atomic E-state index is 0.422. The minimum Gasteiger partial charge on any atom is -0.480 e. The van der Waals surface area contributed by atoms with Crippen LogP contribution in [0.1, 0.15) is 20.8 Å². The number of carboxylic acid groups (broad SMARTS) is 1.